The second-order valence-corrected chi connectivity index (χ2v) is 5.93. The molecule has 0 bridgehead atoms. The summed E-state index contributed by atoms with van der Waals surface area (Å²) >= 11 is 3.24. The van der Waals surface area contributed by atoms with E-state index in [2.05, 4.69) is 38.1 Å². The number of nitriles is 1. The molecule has 1 saturated heterocycles. The Kier molecular flexibility index (Phi) is 5.28. The quantitative estimate of drug-likeness (QED) is 0.668. The maximum Gasteiger partial charge on any atom is 0.266 e. The Balaban J connectivity index is 2.01. The SMILES string of the molecule is CC1CCN(C(=O)/C(C#N)=C\Nc2ncc(Br)cn2)CC1. The molecule has 1 aromatic rings. The van der Waals surface area contributed by atoms with Crippen molar-refractivity contribution in [2.24, 2.45) is 5.92 Å². The first-order chi connectivity index (χ1) is 10.1. The second kappa shape index (κ2) is 7.18. The Morgan fingerprint density at radius 1 is 1.48 bits per heavy atom. The first-order valence-electron chi connectivity index (χ1n) is 6.73. The Hall–Kier alpha value is -1.94. The highest BCUT2D eigenvalue weighted by atomic mass is 79.9. The lowest BCUT2D eigenvalue weighted by atomic mass is 9.99. The maximum absolute atomic E-state index is 12.3. The topological polar surface area (TPSA) is 81.9 Å². The van der Waals surface area contributed by atoms with Gasteiger partial charge in [-0.25, -0.2) is 9.97 Å². The van der Waals surface area contributed by atoms with Crippen LogP contribution in [0.4, 0.5) is 5.95 Å². The molecule has 0 spiro atoms. The van der Waals surface area contributed by atoms with Gasteiger partial charge in [0, 0.05) is 31.7 Å². The van der Waals surface area contributed by atoms with Crippen molar-refractivity contribution in [2.75, 3.05) is 18.4 Å². The molecule has 1 aliphatic rings. The molecule has 1 fully saturated rings. The summed E-state index contributed by atoms with van der Waals surface area (Å²) in [5, 5.41) is 11.9. The van der Waals surface area contributed by atoms with E-state index < -0.39 is 0 Å². The summed E-state index contributed by atoms with van der Waals surface area (Å²) in [5.74, 6) is 0.734. The number of halogens is 1. The average molecular weight is 350 g/mol. The Bertz CT molecular complexity index is 570. The van der Waals surface area contributed by atoms with Gasteiger partial charge in [0.15, 0.2) is 0 Å². The second-order valence-electron chi connectivity index (χ2n) is 5.01. The van der Waals surface area contributed by atoms with Gasteiger partial charge in [-0.3, -0.25) is 4.79 Å². The van der Waals surface area contributed by atoms with E-state index in [-0.39, 0.29) is 11.5 Å². The smallest absolute Gasteiger partial charge is 0.266 e. The molecule has 1 aromatic heterocycles. The van der Waals surface area contributed by atoms with E-state index in [0.29, 0.717) is 25.0 Å². The van der Waals surface area contributed by atoms with Gasteiger partial charge < -0.3 is 10.2 Å². The van der Waals surface area contributed by atoms with Crippen molar-refractivity contribution < 1.29 is 4.79 Å². The van der Waals surface area contributed by atoms with Gasteiger partial charge in [-0.2, -0.15) is 5.26 Å². The van der Waals surface area contributed by atoms with Gasteiger partial charge in [-0.05, 0) is 34.7 Å². The first kappa shape index (κ1) is 15.4. The van der Waals surface area contributed by atoms with Crippen LogP contribution < -0.4 is 5.32 Å². The van der Waals surface area contributed by atoms with Crippen LogP contribution in [0.1, 0.15) is 19.8 Å². The van der Waals surface area contributed by atoms with E-state index in [1.165, 1.54) is 6.20 Å². The third-order valence-electron chi connectivity index (χ3n) is 3.39. The summed E-state index contributed by atoms with van der Waals surface area (Å²) in [4.78, 5) is 22.0. The molecule has 0 atom stereocenters. The van der Waals surface area contributed by atoms with E-state index in [9.17, 15) is 4.79 Å². The molecule has 110 valence electrons. The van der Waals surface area contributed by atoms with Crippen molar-refractivity contribution in [1.29, 1.82) is 5.26 Å². The fourth-order valence-electron chi connectivity index (χ4n) is 2.05. The molecule has 0 saturated carbocycles. The van der Waals surface area contributed by atoms with E-state index in [1.807, 2.05) is 6.07 Å². The molecule has 1 aliphatic heterocycles. The van der Waals surface area contributed by atoms with E-state index in [0.717, 1.165) is 17.3 Å². The maximum atomic E-state index is 12.3. The molecule has 2 rings (SSSR count). The minimum atomic E-state index is -0.242. The number of amides is 1. The van der Waals surface area contributed by atoms with Gasteiger partial charge in [-0.1, -0.05) is 6.92 Å². The fraction of sp³-hybridized carbons (Fsp3) is 0.429. The van der Waals surface area contributed by atoms with Crippen LogP contribution in [0.5, 0.6) is 0 Å². The van der Waals surface area contributed by atoms with Gasteiger partial charge in [0.05, 0.1) is 4.47 Å². The van der Waals surface area contributed by atoms with Gasteiger partial charge >= 0.3 is 0 Å². The Labute approximate surface area is 132 Å². The minimum absolute atomic E-state index is 0.0658. The lowest BCUT2D eigenvalue weighted by Gasteiger charge is -2.30. The number of nitrogens with zero attached hydrogens (tertiary/aromatic N) is 4. The summed E-state index contributed by atoms with van der Waals surface area (Å²) in [6.07, 6.45) is 6.50. The number of piperidine rings is 1. The summed E-state index contributed by atoms with van der Waals surface area (Å²) in [5.41, 5.74) is 0.0658. The molecule has 0 radical (unpaired) electrons. The zero-order valence-corrected chi connectivity index (χ0v) is 13.3. The molecular weight excluding hydrogens is 334 g/mol. The van der Waals surface area contributed by atoms with Gasteiger partial charge in [0.1, 0.15) is 11.6 Å². The van der Waals surface area contributed by atoms with Crippen molar-refractivity contribution in [3.63, 3.8) is 0 Å². The molecule has 0 aromatic carbocycles. The molecule has 6 nitrogen and oxygen atoms in total. The highest BCUT2D eigenvalue weighted by Gasteiger charge is 2.22. The number of rotatable bonds is 3. The molecule has 0 aliphatic carbocycles. The van der Waals surface area contributed by atoms with Gasteiger partial charge in [0.25, 0.3) is 5.91 Å². The van der Waals surface area contributed by atoms with Crippen LogP contribution in [0, 0.1) is 17.2 Å². The first-order valence-corrected chi connectivity index (χ1v) is 7.53. The van der Waals surface area contributed by atoms with Crippen LogP contribution in [0.25, 0.3) is 0 Å². The average Bonchev–Trinajstić information content (AvgIpc) is 2.50. The molecule has 1 amide bonds. The molecule has 2 heterocycles. The van der Waals surface area contributed by atoms with E-state index >= 15 is 0 Å². The monoisotopic (exact) mass is 349 g/mol. The van der Waals surface area contributed by atoms with Crippen LogP contribution in [-0.2, 0) is 4.79 Å². The van der Waals surface area contributed by atoms with Crippen molar-refractivity contribution in [3.8, 4) is 6.07 Å². The van der Waals surface area contributed by atoms with Gasteiger partial charge in [0.2, 0.25) is 5.95 Å². The standard InChI is InChI=1S/C14H16BrN5O/c1-10-2-4-20(5-3-10)13(21)11(6-16)7-17-14-18-8-12(15)9-19-14/h7-10H,2-5H2,1H3,(H,17,18,19)/b11-7-. The number of carbonyl (C=O) groups is 1. The number of aromatic nitrogens is 2. The van der Waals surface area contributed by atoms with Crippen LogP contribution >= 0.6 is 15.9 Å². The van der Waals surface area contributed by atoms with Crippen molar-refractivity contribution in [3.05, 3.63) is 28.6 Å². The molecule has 21 heavy (non-hydrogen) atoms. The number of carbonyl (C=O) groups excluding carboxylic acids is 1. The minimum Gasteiger partial charge on any atom is -0.338 e. The largest absolute Gasteiger partial charge is 0.338 e. The third-order valence-corrected chi connectivity index (χ3v) is 3.80. The highest BCUT2D eigenvalue weighted by molar-refractivity contribution is 9.10. The summed E-state index contributed by atoms with van der Waals surface area (Å²) < 4.78 is 0.760. The van der Waals surface area contributed by atoms with Crippen LogP contribution in [0.2, 0.25) is 0 Å². The number of nitrogens with one attached hydrogen (secondary N) is 1. The number of hydrogen-bond acceptors (Lipinski definition) is 5. The predicted molar refractivity (Wildman–Crippen MR) is 82.0 cm³/mol. The Morgan fingerprint density at radius 2 is 2.10 bits per heavy atom. The number of likely N-dealkylation sites (tertiary alicyclic amines) is 1. The third kappa shape index (κ3) is 4.26. The van der Waals surface area contributed by atoms with Crippen molar-refractivity contribution in [2.45, 2.75) is 19.8 Å². The number of anilines is 1. The zero-order chi connectivity index (χ0) is 15.2. The molecule has 0 unspecified atom stereocenters. The predicted octanol–water partition coefficient (Wildman–Crippen LogP) is 2.32. The molecule has 1 N–H and O–H groups in total. The van der Waals surface area contributed by atoms with Crippen LogP contribution in [-0.4, -0.2) is 33.9 Å². The Morgan fingerprint density at radius 3 is 2.67 bits per heavy atom. The fourth-order valence-corrected chi connectivity index (χ4v) is 2.25. The van der Waals surface area contributed by atoms with Crippen LogP contribution in [0.3, 0.4) is 0 Å². The zero-order valence-electron chi connectivity index (χ0n) is 11.7. The van der Waals surface area contributed by atoms with Crippen molar-refractivity contribution >= 4 is 27.8 Å². The van der Waals surface area contributed by atoms with E-state index in [1.54, 1.807) is 17.3 Å². The van der Waals surface area contributed by atoms with Crippen LogP contribution in [0.15, 0.2) is 28.6 Å². The molecule has 7 heteroatoms. The summed E-state index contributed by atoms with van der Waals surface area (Å²) in [7, 11) is 0. The summed E-state index contributed by atoms with van der Waals surface area (Å²) in [6, 6.07) is 1.93. The lowest BCUT2D eigenvalue weighted by molar-refractivity contribution is -0.128. The lowest BCUT2D eigenvalue weighted by Crippen LogP contribution is -2.38. The van der Waals surface area contributed by atoms with Gasteiger partial charge in [-0.15, -0.1) is 0 Å². The number of hydrogen-bond donors (Lipinski definition) is 1. The normalized spacial score (nSPS) is 16.4. The highest BCUT2D eigenvalue weighted by Crippen LogP contribution is 2.17. The van der Waals surface area contributed by atoms with Crippen molar-refractivity contribution in [1.82, 2.24) is 14.9 Å². The molecular formula is C14H16BrN5O. The van der Waals surface area contributed by atoms with E-state index in [4.69, 9.17) is 5.26 Å². The summed E-state index contributed by atoms with van der Waals surface area (Å²) in [6.45, 7) is 3.58.